The van der Waals surface area contributed by atoms with Gasteiger partial charge in [-0.05, 0) is 37.7 Å². The van der Waals surface area contributed by atoms with Gasteiger partial charge in [-0.15, -0.1) is 0 Å². The highest BCUT2D eigenvalue weighted by atomic mass is 16.2. The lowest BCUT2D eigenvalue weighted by molar-refractivity contribution is 0.0933. The van der Waals surface area contributed by atoms with Gasteiger partial charge in [0, 0.05) is 11.3 Å². The molecule has 1 amide bonds. The maximum atomic E-state index is 12.5. The van der Waals surface area contributed by atoms with Gasteiger partial charge < -0.3 is 5.32 Å². The number of H-pyrrole nitrogens is 1. The summed E-state index contributed by atoms with van der Waals surface area (Å²) in [6, 6.07) is 9.96. The Morgan fingerprint density at radius 3 is 2.90 bits per heavy atom. The molecule has 21 heavy (non-hydrogen) atoms. The first-order chi connectivity index (χ1) is 10.1. The highest BCUT2D eigenvalue weighted by molar-refractivity contribution is 5.94. The zero-order chi connectivity index (χ0) is 14.8. The van der Waals surface area contributed by atoms with E-state index in [4.69, 9.17) is 0 Å². The van der Waals surface area contributed by atoms with Crippen LogP contribution in [0, 0.1) is 5.92 Å². The molecule has 0 aliphatic heterocycles. The van der Waals surface area contributed by atoms with Crippen molar-refractivity contribution < 1.29 is 4.79 Å². The minimum absolute atomic E-state index is 0.0212. The fourth-order valence-corrected chi connectivity index (χ4v) is 2.95. The highest BCUT2D eigenvalue weighted by Crippen LogP contribution is 2.26. The smallest absolute Gasteiger partial charge is 0.272 e. The molecule has 0 spiro atoms. The molecule has 4 nitrogen and oxygen atoms in total. The van der Waals surface area contributed by atoms with E-state index < -0.39 is 0 Å². The Bertz CT molecular complexity index is 633. The molecule has 1 aliphatic rings. The van der Waals surface area contributed by atoms with Crippen molar-refractivity contribution in [2.75, 3.05) is 0 Å². The standard InChI is InChI=1S/C17H21N3O/c1-11-8-9-15-14(10-11)16(20-19-15)17(21)18-12(2)13-6-4-3-5-7-13/h3-7,11-12H,8-10H2,1-2H3,(H,18,21)(H,19,20)/t11-,12-/m0/s1. The summed E-state index contributed by atoms with van der Waals surface area (Å²) in [5.74, 6) is 0.533. The lowest BCUT2D eigenvalue weighted by atomic mass is 9.87. The SMILES string of the molecule is C[C@H]1CCc2[nH]nc(C(=O)N[C@@H](C)c3ccccc3)c2C1. The number of benzene rings is 1. The van der Waals surface area contributed by atoms with Crippen molar-refractivity contribution in [1.29, 1.82) is 0 Å². The van der Waals surface area contributed by atoms with Crippen molar-refractivity contribution in [2.24, 2.45) is 5.92 Å². The first-order valence-electron chi connectivity index (χ1n) is 7.57. The van der Waals surface area contributed by atoms with E-state index in [1.807, 2.05) is 37.3 Å². The molecule has 2 aromatic rings. The van der Waals surface area contributed by atoms with Gasteiger partial charge in [0.2, 0.25) is 0 Å². The molecule has 2 N–H and O–H groups in total. The van der Waals surface area contributed by atoms with E-state index in [1.54, 1.807) is 0 Å². The molecule has 1 aliphatic carbocycles. The number of aromatic nitrogens is 2. The molecule has 0 saturated heterocycles. The lowest BCUT2D eigenvalue weighted by Crippen LogP contribution is -2.28. The number of nitrogens with zero attached hydrogens (tertiary/aromatic N) is 1. The molecule has 0 bridgehead atoms. The molecule has 4 heteroatoms. The number of nitrogens with one attached hydrogen (secondary N) is 2. The van der Waals surface area contributed by atoms with E-state index >= 15 is 0 Å². The highest BCUT2D eigenvalue weighted by Gasteiger charge is 2.25. The largest absolute Gasteiger partial charge is 0.344 e. The lowest BCUT2D eigenvalue weighted by Gasteiger charge is -2.19. The van der Waals surface area contributed by atoms with Crippen molar-refractivity contribution in [3.05, 3.63) is 52.8 Å². The van der Waals surface area contributed by atoms with Crippen molar-refractivity contribution >= 4 is 5.91 Å². The van der Waals surface area contributed by atoms with Crippen LogP contribution >= 0.6 is 0 Å². The number of aryl methyl sites for hydroxylation is 1. The van der Waals surface area contributed by atoms with E-state index in [1.165, 1.54) is 0 Å². The molecule has 0 unspecified atom stereocenters. The normalized spacial score (nSPS) is 18.9. The quantitative estimate of drug-likeness (QED) is 0.909. The van der Waals surface area contributed by atoms with Gasteiger partial charge in [0.05, 0.1) is 6.04 Å². The number of rotatable bonds is 3. The van der Waals surface area contributed by atoms with Crippen LogP contribution in [0.15, 0.2) is 30.3 Å². The Kier molecular flexibility index (Phi) is 3.78. The molecule has 1 aromatic carbocycles. The number of carbonyl (C=O) groups is 1. The Balaban J connectivity index is 1.76. The number of aromatic amines is 1. The van der Waals surface area contributed by atoms with Crippen molar-refractivity contribution in [2.45, 2.75) is 39.2 Å². The topological polar surface area (TPSA) is 57.8 Å². The zero-order valence-electron chi connectivity index (χ0n) is 12.5. The predicted molar refractivity (Wildman–Crippen MR) is 82.1 cm³/mol. The monoisotopic (exact) mass is 283 g/mol. The molecule has 0 saturated carbocycles. The molecular weight excluding hydrogens is 262 g/mol. The second-order valence-corrected chi connectivity index (χ2v) is 5.98. The van der Waals surface area contributed by atoms with Crippen LogP contribution in [0.25, 0.3) is 0 Å². The van der Waals surface area contributed by atoms with Crippen molar-refractivity contribution in [3.63, 3.8) is 0 Å². The Labute approximate surface area is 125 Å². The van der Waals surface area contributed by atoms with Gasteiger partial charge in [0.15, 0.2) is 5.69 Å². The number of hydrogen-bond acceptors (Lipinski definition) is 2. The van der Waals surface area contributed by atoms with Crippen LogP contribution in [0.4, 0.5) is 0 Å². The molecular formula is C17H21N3O. The second kappa shape index (κ2) is 5.72. The zero-order valence-corrected chi connectivity index (χ0v) is 12.5. The molecule has 3 rings (SSSR count). The van der Waals surface area contributed by atoms with Crippen LogP contribution in [0.5, 0.6) is 0 Å². The Hall–Kier alpha value is -2.10. The van der Waals surface area contributed by atoms with Crippen LogP contribution in [0.1, 0.15) is 53.6 Å². The van der Waals surface area contributed by atoms with Crippen LogP contribution in [-0.4, -0.2) is 16.1 Å². The average molecular weight is 283 g/mol. The number of hydrogen-bond donors (Lipinski definition) is 2. The van der Waals surface area contributed by atoms with Crippen LogP contribution in [0.2, 0.25) is 0 Å². The van der Waals surface area contributed by atoms with Gasteiger partial charge in [0.1, 0.15) is 0 Å². The minimum atomic E-state index is -0.0852. The van der Waals surface area contributed by atoms with Gasteiger partial charge in [-0.2, -0.15) is 5.10 Å². The Morgan fingerprint density at radius 2 is 2.14 bits per heavy atom. The Morgan fingerprint density at radius 1 is 1.38 bits per heavy atom. The summed E-state index contributed by atoms with van der Waals surface area (Å²) in [5, 5.41) is 10.3. The third kappa shape index (κ3) is 2.84. The summed E-state index contributed by atoms with van der Waals surface area (Å²) >= 11 is 0. The third-order valence-corrected chi connectivity index (χ3v) is 4.25. The van der Waals surface area contributed by atoms with E-state index in [0.717, 1.165) is 36.1 Å². The van der Waals surface area contributed by atoms with Crippen LogP contribution in [-0.2, 0) is 12.8 Å². The third-order valence-electron chi connectivity index (χ3n) is 4.25. The maximum Gasteiger partial charge on any atom is 0.272 e. The van der Waals surface area contributed by atoms with Gasteiger partial charge in [-0.25, -0.2) is 0 Å². The molecule has 0 fully saturated rings. The number of amides is 1. The number of fused-ring (bicyclic) bond motifs is 1. The van der Waals surface area contributed by atoms with Crippen molar-refractivity contribution in [1.82, 2.24) is 15.5 Å². The summed E-state index contributed by atoms with van der Waals surface area (Å²) in [5.41, 5.74) is 3.90. The van der Waals surface area contributed by atoms with Crippen molar-refractivity contribution in [3.8, 4) is 0 Å². The minimum Gasteiger partial charge on any atom is -0.344 e. The van der Waals surface area contributed by atoms with E-state index in [9.17, 15) is 4.79 Å². The van der Waals surface area contributed by atoms with Crippen LogP contribution in [0.3, 0.4) is 0 Å². The summed E-state index contributed by atoms with van der Waals surface area (Å²) < 4.78 is 0. The molecule has 110 valence electrons. The van der Waals surface area contributed by atoms with Gasteiger partial charge in [0.25, 0.3) is 5.91 Å². The summed E-state index contributed by atoms with van der Waals surface area (Å²) in [6.07, 6.45) is 3.09. The second-order valence-electron chi connectivity index (χ2n) is 5.98. The van der Waals surface area contributed by atoms with E-state index in [0.29, 0.717) is 11.6 Å². The fraction of sp³-hybridized carbons (Fsp3) is 0.412. The van der Waals surface area contributed by atoms with E-state index in [-0.39, 0.29) is 11.9 Å². The molecule has 1 aromatic heterocycles. The predicted octanol–water partition coefficient (Wildman–Crippen LogP) is 3.03. The van der Waals surface area contributed by atoms with E-state index in [2.05, 4.69) is 22.4 Å². The maximum absolute atomic E-state index is 12.5. The molecule has 0 radical (unpaired) electrons. The molecule has 2 atom stereocenters. The van der Waals surface area contributed by atoms with Crippen LogP contribution < -0.4 is 5.32 Å². The van der Waals surface area contributed by atoms with Gasteiger partial charge in [-0.1, -0.05) is 37.3 Å². The number of carbonyl (C=O) groups excluding carboxylic acids is 1. The fourth-order valence-electron chi connectivity index (χ4n) is 2.95. The summed E-state index contributed by atoms with van der Waals surface area (Å²) in [7, 11) is 0. The van der Waals surface area contributed by atoms with Gasteiger partial charge in [-0.3, -0.25) is 9.89 Å². The average Bonchev–Trinajstić information content (AvgIpc) is 2.91. The first kappa shape index (κ1) is 13.9. The molecule has 1 heterocycles. The summed E-state index contributed by atoms with van der Waals surface area (Å²) in [4.78, 5) is 12.5. The van der Waals surface area contributed by atoms with Gasteiger partial charge >= 0.3 is 0 Å². The summed E-state index contributed by atoms with van der Waals surface area (Å²) in [6.45, 7) is 4.22. The first-order valence-corrected chi connectivity index (χ1v) is 7.57.